The molecule has 0 bridgehead atoms. The molecule has 1 aromatic rings. The van der Waals surface area contributed by atoms with Gasteiger partial charge in [0.25, 0.3) is 0 Å². The Morgan fingerprint density at radius 1 is 1.28 bits per heavy atom. The number of fused-ring (bicyclic) bond motifs is 1. The number of hydrogen-bond donors (Lipinski definition) is 1. The van der Waals surface area contributed by atoms with Crippen LogP contribution in [-0.2, 0) is 5.75 Å². The number of aryl methyl sites for hydroxylation is 1. The van der Waals surface area contributed by atoms with E-state index in [1.165, 1.54) is 36.8 Å². The summed E-state index contributed by atoms with van der Waals surface area (Å²) in [4.78, 5) is 4.82. The van der Waals surface area contributed by atoms with E-state index >= 15 is 0 Å². The molecule has 1 aliphatic heterocycles. The third kappa shape index (κ3) is 2.56. The van der Waals surface area contributed by atoms with Gasteiger partial charge in [-0.2, -0.15) is 0 Å². The molecule has 1 aliphatic carbocycles. The molecule has 3 rings (SSSR count). The van der Waals surface area contributed by atoms with Crippen LogP contribution in [0.1, 0.15) is 36.8 Å². The number of nitrogens with zero attached hydrogens (tertiary/aromatic N) is 1. The Morgan fingerprint density at radius 3 is 2.94 bits per heavy atom. The maximum absolute atomic E-state index is 4.82. The van der Waals surface area contributed by atoms with Crippen LogP contribution < -0.4 is 5.32 Å². The van der Waals surface area contributed by atoms with Crippen LogP contribution in [0.15, 0.2) is 29.3 Å². The zero-order valence-electron chi connectivity index (χ0n) is 10.9. The topological polar surface area (TPSA) is 24.4 Å². The third-order valence-electron chi connectivity index (χ3n) is 3.95. The van der Waals surface area contributed by atoms with Gasteiger partial charge in [0.2, 0.25) is 0 Å². The van der Waals surface area contributed by atoms with Crippen molar-refractivity contribution >= 4 is 16.9 Å². The smallest absolute Gasteiger partial charge is 0.157 e. The summed E-state index contributed by atoms with van der Waals surface area (Å²) in [6.07, 6.45) is 5.27. The summed E-state index contributed by atoms with van der Waals surface area (Å²) in [6.45, 7) is 2.18. The van der Waals surface area contributed by atoms with Crippen molar-refractivity contribution < 1.29 is 0 Å². The number of aliphatic imine (C=N–C) groups is 1. The monoisotopic (exact) mass is 260 g/mol. The van der Waals surface area contributed by atoms with Crippen molar-refractivity contribution in [2.45, 2.75) is 50.4 Å². The van der Waals surface area contributed by atoms with Gasteiger partial charge in [-0.25, -0.2) is 0 Å². The Kier molecular flexibility index (Phi) is 3.59. The zero-order chi connectivity index (χ0) is 12.4. The van der Waals surface area contributed by atoms with Gasteiger partial charge in [0.1, 0.15) is 0 Å². The van der Waals surface area contributed by atoms with Gasteiger partial charge in [-0.05, 0) is 30.9 Å². The average molecular weight is 260 g/mol. The Hall–Kier alpha value is -0.960. The molecule has 0 radical (unpaired) electrons. The van der Waals surface area contributed by atoms with E-state index in [0.29, 0.717) is 12.1 Å². The summed E-state index contributed by atoms with van der Waals surface area (Å²) in [7, 11) is 0. The minimum absolute atomic E-state index is 0.554. The van der Waals surface area contributed by atoms with Crippen molar-refractivity contribution in [3.8, 4) is 0 Å². The summed E-state index contributed by atoms with van der Waals surface area (Å²) in [5, 5.41) is 4.76. The van der Waals surface area contributed by atoms with Crippen LogP contribution in [0.2, 0.25) is 0 Å². The van der Waals surface area contributed by atoms with Crippen molar-refractivity contribution in [1.82, 2.24) is 5.32 Å². The first-order valence-electron chi connectivity index (χ1n) is 6.84. The van der Waals surface area contributed by atoms with E-state index in [4.69, 9.17) is 4.99 Å². The SMILES string of the molecule is Cc1ccccc1CSC1=N[C@@H]2CCCC[C@@H]2N1. The first kappa shape index (κ1) is 12.1. The van der Waals surface area contributed by atoms with E-state index in [1.807, 2.05) is 11.8 Å². The molecule has 2 aliphatic rings. The molecule has 1 saturated carbocycles. The maximum Gasteiger partial charge on any atom is 0.157 e. The molecule has 1 fully saturated rings. The van der Waals surface area contributed by atoms with Gasteiger partial charge in [-0.1, -0.05) is 48.9 Å². The fourth-order valence-corrected chi connectivity index (χ4v) is 3.84. The highest BCUT2D eigenvalue weighted by Crippen LogP contribution is 2.28. The molecule has 0 spiro atoms. The van der Waals surface area contributed by atoms with Crippen molar-refractivity contribution in [3.05, 3.63) is 35.4 Å². The van der Waals surface area contributed by atoms with Gasteiger partial charge in [-0.15, -0.1) is 0 Å². The number of rotatable bonds is 2. The fraction of sp³-hybridized carbons (Fsp3) is 0.533. The predicted molar refractivity (Wildman–Crippen MR) is 79.1 cm³/mol. The predicted octanol–water partition coefficient (Wildman–Crippen LogP) is 3.50. The standard InChI is InChI=1S/C15H20N2S/c1-11-6-2-3-7-12(11)10-18-15-16-13-8-4-5-9-14(13)17-15/h2-3,6-7,13-14H,4-5,8-10H2,1H3,(H,16,17)/t13-,14+. The van der Waals surface area contributed by atoms with E-state index in [2.05, 4.69) is 36.5 Å². The van der Waals surface area contributed by atoms with Crippen LogP contribution in [0.4, 0.5) is 0 Å². The normalized spacial score (nSPS) is 26.4. The van der Waals surface area contributed by atoms with E-state index in [0.717, 1.165) is 10.9 Å². The second-order valence-electron chi connectivity index (χ2n) is 5.25. The molecule has 0 amide bonds. The molecule has 2 nitrogen and oxygen atoms in total. The van der Waals surface area contributed by atoms with Crippen molar-refractivity contribution in [2.75, 3.05) is 0 Å². The van der Waals surface area contributed by atoms with Gasteiger partial charge in [0.05, 0.1) is 12.1 Å². The van der Waals surface area contributed by atoms with E-state index in [9.17, 15) is 0 Å². The van der Waals surface area contributed by atoms with Crippen molar-refractivity contribution in [1.29, 1.82) is 0 Å². The molecular formula is C15H20N2S. The molecule has 0 saturated heterocycles. The summed E-state index contributed by atoms with van der Waals surface area (Å²) >= 11 is 1.86. The number of thioether (sulfide) groups is 1. The van der Waals surface area contributed by atoms with Crippen LogP contribution in [0.3, 0.4) is 0 Å². The molecule has 1 N–H and O–H groups in total. The number of amidine groups is 1. The van der Waals surface area contributed by atoms with Gasteiger partial charge in [0.15, 0.2) is 5.17 Å². The van der Waals surface area contributed by atoms with Crippen molar-refractivity contribution in [3.63, 3.8) is 0 Å². The molecule has 18 heavy (non-hydrogen) atoms. The number of benzene rings is 1. The van der Waals surface area contributed by atoms with Gasteiger partial charge < -0.3 is 5.32 Å². The van der Waals surface area contributed by atoms with Gasteiger partial charge in [-0.3, -0.25) is 4.99 Å². The lowest BCUT2D eigenvalue weighted by Crippen LogP contribution is -2.36. The lowest BCUT2D eigenvalue weighted by Gasteiger charge is -2.23. The summed E-state index contributed by atoms with van der Waals surface area (Å²) in [5.74, 6) is 1.03. The van der Waals surface area contributed by atoms with Crippen LogP contribution in [0.5, 0.6) is 0 Å². The van der Waals surface area contributed by atoms with Crippen LogP contribution >= 0.6 is 11.8 Å². The minimum atomic E-state index is 0.554. The Labute approximate surface area is 113 Å². The number of hydrogen-bond acceptors (Lipinski definition) is 3. The quantitative estimate of drug-likeness (QED) is 0.880. The Bertz CT molecular complexity index is 456. The number of nitrogens with one attached hydrogen (secondary N) is 1. The van der Waals surface area contributed by atoms with E-state index in [1.54, 1.807) is 0 Å². The fourth-order valence-electron chi connectivity index (χ4n) is 2.78. The molecule has 1 aromatic carbocycles. The maximum atomic E-state index is 4.82. The molecule has 1 heterocycles. The van der Waals surface area contributed by atoms with E-state index in [-0.39, 0.29) is 0 Å². The molecular weight excluding hydrogens is 240 g/mol. The third-order valence-corrected chi connectivity index (χ3v) is 4.90. The van der Waals surface area contributed by atoms with Gasteiger partial charge in [0, 0.05) is 5.75 Å². The minimum Gasteiger partial charge on any atom is -0.360 e. The summed E-state index contributed by atoms with van der Waals surface area (Å²) in [5.41, 5.74) is 2.79. The average Bonchev–Trinajstić information content (AvgIpc) is 2.80. The Morgan fingerprint density at radius 2 is 2.11 bits per heavy atom. The molecule has 3 heteroatoms. The molecule has 0 aromatic heterocycles. The van der Waals surface area contributed by atoms with E-state index < -0.39 is 0 Å². The highest BCUT2D eigenvalue weighted by atomic mass is 32.2. The first-order valence-corrected chi connectivity index (χ1v) is 7.83. The molecule has 0 unspecified atom stereocenters. The first-order chi connectivity index (χ1) is 8.83. The summed E-state index contributed by atoms with van der Waals surface area (Å²) < 4.78 is 0. The largest absolute Gasteiger partial charge is 0.360 e. The highest BCUT2D eigenvalue weighted by Gasteiger charge is 2.30. The summed E-state index contributed by atoms with van der Waals surface area (Å²) in [6, 6.07) is 9.79. The van der Waals surface area contributed by atoms with Crippen LogP contribution in [0.25, 0.3) is 0 Å². The van der Waals surface area contributed by atoms with Crippen LogP contribution in [0, 0.1) is 6.92 Å². The zero-order valence-corrected chi connectivity index (χ0v) is 11.7. The second kappa shape index (κ2) is 5.35. The van der Waals surface area contributed by atoms with Crippen LogP contribution in [-0.4, -0.2) is 17.3 Å². The van der Waals surface area contributed by atoms with Crippen molar-refractivity contribution in [2.24, 2.45) is 4.99 Å². The second-order valence-corrected chi connectivity index (χ2v) is 6.22. The van der Waals surface area contributed by atoms with Gasteiger partial charge >= 0.3 is 0 Å². The lowest BCUT2D eigenvalue weighted by molar-refractivity contribution is 0.385. The highest BCUT2D eigenvalue weighted by molar-refractivity contribution is 8.13. The molecule has 96 valence electrons. The Balaban J connectivity index is 1.60. The molecule has 2 atom stereocenters. The lowest BCUT2D eigenvalue weighted by atomic mass is 9.92.